The topological polar surface area (TPSA) is 37.0 Å². The Bertz CT molecular complexity index is 474. The highest BCUT2D eigenvalue weighted by atomic mass is 19.4. The van der Waals surface area contributed by atoms with E-state index in [1.807, 2.05) is 0 Å². The van der Waals surface area contributed by atoms with Gasteiger partial charge in [-0.2, -0.15) is 13.2 Å². The van der Waals surface area contributed by atoms with Crippen molar-refractivity contribution < 1.29 is 13.2 Å². The van der Waals surface area contributed by atoms with Gasteiger partial charge in [-0.05, 0) is 36.8 Å². The zero-order valence-corrected chi connectivity index (χ0v) is 12.4. The van der Waals surface area contributed by atoms with E-state index in [1.54, 1.807) is 7.05 Å². The summed E-state index contributed by atoms with van der Waals surface area (Å²) in [5.74, 6) is 1.73. The summed E-state index contributed by atoms with van der Waals surface area (Å²) in [7, 11) is 1.56. The van der Waals surface area contributed by atoms with Gasteiger partial charge < -0.3 is 10.6 Å². The van der Waals surface area contributed by atoms with Crippen molar-refractivity contribution in [3.05, 3.63) is 17.7 Å². The fourth-order valence-electron chi connectivity index (χ4n) is 2.91. The summed E-state index contributed by atoms with van der Waals surface area (Å²) in [6, 6.07) is 2.10. The zero-order valence-electron chi connectivity index (χ0n) is 12.4. The van der Waals surface area contributed by atoms with Crippen LogP contribution in [0.2, 0.25) is 0 Å². The number of hydrogen-bond acceptors (Lipinski definition) is 3. The SMILES string of the molecule is CNc1cc(C(F)(F)F)cc(NCC2CCCC(C)C2)n1. The Hall–Kier alpha value is -1.46. The predicted molar refractivity (Wildman–Crippen MR) is 78.4 cm³/mol. The van der Waals surface area contributed by atoms with Gasteiger partial charge in [0.05, 0.1) is 5.56 Å². The zero-order chi connectivity index (χ0) is 15.5. The molecule has 2 rings (SSSR count). The Morgan fingerprint density at radius 1 is 1.24 bits per heavy atom. The van der Waals surface area contributed by atoms with Gasteiger partial charge in [0.2, 0.25) is 0 Å². The number of hydrogen-bond donors (Lipinski definition) is 2. The van der Waals surface area contributed by atoms with Crippen LogP contribution in [0.15, 0.2) is 12.1 Å². The molecule has 3 nitrogen and oxygen atoms in total. The first kappa shape index (κ1) is 15.9. The van der Waals surface area contributed by atoms with Crippen LogP contribution >= 0.6 is 0 Å². The van der Waals surface area contributed by atoms with Crippen LogP contribution in [0.3, 0.4) is 0 Å². The lowest BCUT2D eigenvalue weighted by Gasteiger charge is -2.27. The lowest BCUT2D eigenvalue weighted by Crippen LogP contribution is -2.21. The van der Waals surface area contributed by atoms with E-state index in [9.17, 15) is 13.2 Å². The summed E-state index contributed by atoms with van der Waals surface area (Å²) >= 11 is 0. The van der Waals surface area contributed by atoms with Crippen LogP contribution < -0.4 is 10.6 Å². The smallest absolute Gasteiger partial charge is 0.373 e. The lowest BCUT2D eigenvalue weighted by molar-refractivity contribution is -0.137. The molecule has 2 N–H and O–H groups in total. The molecule has 0 saturated heterocycles. The lowest BCUT2D eigenvalue weighted by atomic mass is 9.82. The van der Waals surface area contributed by atoms with Crippen LogP contribution in [0.1, 0.15) is 38.2 Å². The van der Waals surface area contributed by atoms with Gasteiger partial charge in [-0.15, -0.1) is 0 Å². The molecule has 2 atom stereocenters. The molecule has 1 aromatic rings. The average molecular weight is 301 g/mol. The van der Waals surface area contributed by atoms with Crippen LogP contribution in [0.5, 0.6) is 0 Å². The largest absolute Gasteiger partial charge is 0.416 e. The van der Waals surface area contributed by atoms with Crippen LogP contribution in [-0.2, 0) is 6.18 Å². The minimum Gasteiger partial charge on any atom is -0.373 e. The van der Waals surface area contributed by atoms with E-state index in [-0.39, 0.29) is 11.6 Å². The predicted octanol–water partition coefficient (Wildman–Crippen LogP) is 4.38. The van der Waals surface area contributed by atoms with Crippen LogP contribution in [0, 0.1) is 11.8 Å². The number of pyridine rings is 1. The van der Waals surface area contributed by atoms with Crippen molar-refractivity contribution in [3.8, 4) is 0 Å². The minimum atomic E-state index is -4.36. The number of aromatic nitrogens is 1. The summed E-state index contributed by atoms with van der Waals surface area (Å²) in [6.07, 6.45) is 0.359. The minimum absolute atomic E-state index is 0.226. The maximum atomic E-state index is 12.8. The van der Waals surface area contributed by atoms with E-state index >= 15 is 0 Å². The fraction of sp³-hybridized carbons (Fsp3) is 0.667. The quantitative estimate of drug-likeness (QED) is 0.866. The maximum Gasteiger partial charge on any atom is 0.416 e. The van der Waals surface area contributed by atoms with Crippen molar-refractivity contribution in [1.29, 1.82) is 0 Å². The summed E-state index contributed by atoms with van der Waals surface area (Å²) in [6.45, 7) is 2.91. The molecule has 1 aromatic heterocycles. The Morgan fingerprint density at radius 3 is 2.57 bits per heavy atom. The van der Waals surface area contributed by atoms with Crippen LogP contribution in [-0.4, -0.2) is 18.6 Å². The summed E-state index contributed by atoms with van der Waals surface area (Å²) in [4.78, 5) is 4.15. The fourth-order valence-corrected chi connectivity index (χ4v) is 2.91. The molecule has 0 aromatic carbocycles. The summed E-state index contributed by atoms with van der Waals surface area (Å²) in [5.41, 5.74) is -0.679. The Labute approximate surface area is 123 Å². The molecule has 0 bridgehead atoms. The van der Waals surface area contributed by atoms with Crippen molar-refractivity contribution in [1.82, 2.24) is 4.98 Å². The van der Waals surface area contributed by atoms with E-state index in [0.717, 1.165) is 25.0 Å². The van der Waals surface area contributed by atoms with Gasteiger partial charge in [-0.25, -0.2) is 4.98 Å². The van der Waals surface area contributed by atoms with Crippen molar-refractivity contribution in [2.45, 2.75) is 38.8 Å². The molecule has 1 aliphatic rings. The van der Waals surface area contributed by atoms with E-state index in [0.29, 0.717) is 18.4 Å². The molecule has 118 valence electrons. The second-order valence-electron chi connectivity index (χ2n) is 5.89. The highest BCUT2D eigenvalue weighted by Crippen LogP contribution is 2.33. The van der Waals surface area contributed by atoms with Crippen molar-refractivity contribution in [3.63, 3.8) is 0 Å². The van der Waals surface area contributed by atoms with Gasteiger partial charge in [-0.3, -0.25) is 0 Å². The molecular formula is C15H22F3N3. The third-order valence-corrected chi connectivity index (χ3v) is 4.03. The number of anilines is 2. The molecule has 0 spiro atoms. The van der Waals surface area contributed by atoms with Gasteiger partial charge in [-0.1, -0.05) is 19.8 Å². The second kappa shape index (κ2) is 6.54. The first-order chi connectivity index (χ1) is 9.88. The molecule has 21 heavy (non-hydrogen) atoms. The molecule has 1 aliphatic carbocycles. The molecule has 1 heterocycles. The Balaban J connectivity index is 2.05. The molecule has 0 aliphatic heterocycles. The summed E-state index contributed by atoms with van der Waals surface area (Å²) in [5, 5.41) is 5.74. The summed E-state index contributed by atoms with van der Waals surface area (Å²) < 4.78 is 38.5. The third-order valence-electron chi connectivity index (χ3n) is 4.03. The number of rotatable bonds is 4. The number of halogens is 3. The van der Waals surface area contributed by atoms with Gasteiger partial charge in [0.1, 0.15) is 11.6 Å². The van der Waals surface area contributed by atoms with Crippen molar-refractivity contribution in [2.75, 3.05) is 24.2 Å². The number of nitrogens with zero attached hydrogens (tertiary/aromatic N) is 1. The Kier molecular flexibility index (Phi) is 4.96. The normalized spacial score (nSPS) is 22.9. The standard InChI is InChI=1S/C15H22F3N3/c1-10-4-3-5-11(6-10)9-20-14-8-12(15(16,17)18)7-13(19-2)21-14/h7-8,10-11H,3-6,9H2,1-2H3,(H2,19,20,21). The first-order valence-electron chi connectivity index (χ1n) is 7.39. The molecule has 0 radical (unpaired) electrons. The highest BCUT2D eigenvalue weighted by Gasteiger charge is 2.31. The molecule has 0 amide bonds. The number of nitrogens with one attached hydrogen (secondary N) is 2. The van der Waals surface area contributed by atoms with Crippen molar-refractivity contribution in [2.24, 2.45) is 11.8 Å². The molecular weight excluding hydrogens is 279 g/mol. The maximum absolute atomic E-state index is 12.8. The molecule has 1 fully saturated rings. The van der Waals surface area contributed by atoms with E-state index in [2.05, 4.69) is 22.5 Å². The van der Waals surface area contributed by atoms with E-state index in [1.165, 1.54) is 12.8 Å². The van der Waals surface area contributed by atoms with Gasteiger partial charge in [0.25, 0.3) is 0 Å². The average Bonchev–Trinajstić information content (AvgIpc) is 2.44. The highest BCUT2D eigenvalue weighted by molar-refractivity contribution is 5.49. The molecule has 2 unspecified atom stereocenters. The monoisotopic (exact) mass is 301 g/mol. The second-order valence-corrected chi connectivity index (χ2v) is 5.89. The third kappa shape index (κ3) is 4.51. The van der Waals surface area contributed by atoms with E-state index in [4.69, 9.17) is 0 Å². The van der Waals surface area contributed by atoms with Gasteiger partial charge in [0, 0.05) is 13.6 Å². The molecule has 6 heteroatoms. The number of alkyl halides is 3. The Morgan fingerprint density at radius 2 is 1.95 bits per heavy atom. The van der Waals surface area contributed by atoms with Crippen LogP contribution in [0.25, 0.3) is 0 Å². The van der Waals surface area contributed by atoms with Crippen molar-refractivity contribution >= 4 is 11.6 Å². The van der Waals surface area contributed by atoms with Gasteiger partial charge >= 0.3 is 6.18 Å². The van der Waals surface area contributed by atoms with Crippen LogP contribution in [0.4, 0.5) is 24.8 Å². The molecule has 1 saturated carbocycles. The first-order valence-corrected chi connectivity index (χ1v) is 7.39. The van der Waals surface area contributed by atoms with E-state index < -0.39 is 11.7 Å². The van der Waals surface area contributed by atoms with Gasteiger partial charge in [0.15, 0.2) is 0 Å².